The zero-order chi connectivity index (χ0) is 18.2. The predicted octanol–water partition coefficient (Wildman–Crippen LogP) is 1.23. The lowest BCUT2D eigenvalue weighted by atomic mass is 10.1. The fraction of sp³-hybridized carbons (Fsp3) is 0.579. The van der Waals surface area contributed by atoms with Crippen molar-refractivity contribution < 1.29 is 14.7 Å². The van der Waals surface area contributed by atoms with Crippen LogP contribution in [0.25, 0.3) is 0 Å². The van der Waals surface area contributed by atoms with Crippen LogP contribution in [0.4, 0.5) is 5.69 Å². The number of hydrogen-bond acceptors (Lipinski definition) is 4. The Labute approximate surface area is 149 Å². The molecule has 1 heterocycles. The third-order valence-corrected chi connectivity index (χ3v) is 4.80. The molecule has 1 aliphatic rings. The third-order valence-electron chi connectivity index (χ3n) is 4.80. The number of unbranched alkanes of at least 4 members (excludes halogenated alkanes) is 1. The summed E-state index contributed by atoms with van der Waals surface area (Å²) in [5.74, 6) is -0.160. The van der Waals surface area contributed by atoms with Crippen LogP contribution < -0.4 is 10.2 Å². The fourth-order valence-corrected chi connectivity index (χ4v) is 3.05. The Bertz CT molecular complexity index is 596. The average Bonchev–Trinajstić information content (AvgIpc) is 2.62. The summed E-state index contributed by atoms with van der Waals surface area (Å²) in [6.07, 6.45) is 1.61. The highest BCUT2D eigenvalue weighted by atomic mass is 16.3. The highest BCUT2D eigenvalue weighted by molar-refractivity contribution is 5.84. The van der Waals surface area contributed by atoms with Gasteiger partial charge in [-0.15, -0.1) is 0 Å². The van der Waals surface area contributed by atoms with Crippen LogP contribution in [0.2, 0.25) is 0 Å². The van der Waals surface area contributed by atoms with Gasteiger partial charge in [-0.25, -0.2) is 0 Å². The summed E-state index contributed by atoms with van der Waals surface area (Å²) in [5, 5.41) is 11.4. The first-order valence-corrected chi connectivity index (χ1v) is 8.99. The highest BCUT2D eigenvalue weighted by Crippen LogP contribution is 2.23. The molecule has 1 aromatic carbocycles. The van der Waals surface area contributed by atoms with Crippen molar-refractivity contribution in [2.75, 3.05) is 44.2 Å². The molecule has 0 radical (unpaired) electrons. The first-order valence-electron chi connectivity index (χ1n) is 8.99. The Morgan fingerprint density at radius 1 is 1.12 bits per heavy atom. The van der Waals surface area contributed by atoms with Gasteiger partial charge >= 0.3 is 0 Å². The monoisotopic (exact) mass is 347 g/mol. The van der Waals surface area contributed by atoms with Gasteiger partial charge in [0, 0.05) is 44.9 Å². The molecule has 1 saturated heterocycles. The van der Waals surface area contributed by atoms with Gasteiger partial charge in [0.15, 0.2) is 0 Å². The molecule has 2 rings (SSSR count). The first kappa shape index (κ1) is 19.2. The molecule has 2 N–H and O–H groups in total. The number of nitrogens with zero attached hydrogens (tertiary/aromatic N) is 2. The Morgan fingerprint density at radius 2 is 1.84 bits per heavy atom. The lowest BCUT2D eigenvalue weighted by Gasteiger charge is -2.37. The summed E-state index contributed by atoms with van der Waals surface area (Å²) in [6, 6.07) is 6.32. The molecule has 138 valence electrons. The third kappa shape index (κ3) is 5.46. The van der Waals surface area contributed by atoms with E-state index in [1.165, 1.54) is 16.8 Å². The number of amides is 2. The first-order chi connectivity index (χ1) is 12.0. The van der Waals surface area contributed by atoms with Crippen LogP contribution in [0.1, 0.15) is 30.4 Å². The van der Waals surface area contributed by atoms with Gasteiger partial charge in [0.25, 0.3) is 0 Å². The number of rotatable bonds is 7. The highest BCUT2D eigenvalue weighted by Gasteiger charge is 2.22. The molecule has 0 spiro atoms. The Kier molecular flexibility index (Phi) is 7.25. The maximum absolute atomic E-state index is 12.2. The van der Waals surface area contributed by atoms with Crippen molar-refractivity contribution >= 4 is 17.5 Å². The molecule has 0 bridgehead atoms. The van der Waals surface area contributed by atoms with Crippen molar-refractivity contribution in [2.24, 2.45) is 0 Å². The Morgan fingerprint density at radius 3 is 2.52 bits per heavy atom. The summed E-state index contributed by atoms with van der Waals surface area (Å²) in [6.45, 7) is 7.36. The number of anilines is 1. The van der Waals surface area contributed by atoms with E-state index in [0.717, 1.165) is 13.1 Å². The summed E-state index contributed by atoms with van der Waals surface area (Å²) in [5.41, 5.74) is 3.81. The zero-order valence-electron chi connectivity index (χ0n) is 15.3. The Balaban J connectivity index is 1.76. The smallest absolute Gasteiger partial charge is 0.242 e. The number of aliphatic hydroxyl groups excluding tert-OH is 1. The van der Waals surface area contributed by atoms with Crippen LogP contribution >= 0.6 is 0 Å². The van der Waals surface area contributed by atoms with E-state index in [9.17, 15) is 9.59 Å². The predicted molar refractivity (Wildman–Crippen MR) is 98.7 cm³/mol. The maximum Gasteiger partial charge on any atom is 0.242 e. The summed E-state index contributed by atoms with van der Waals surface area (Å²) < 4.78 is 0. The van der Waals surface area contributed by atoms with E-state index in [0.29, 0.717) is 32.4 Å². The number of aryl methyl sites for hydroxylation is 1. The maximum atomic E-state index is 12.2. The molecule has 2 amide bonds. The zero-order valence-corrected chi connectivity index (χ0v) is 15.3. The topological polar surface area (TPSA) is 72.9 Å². The summed E-state index contributed by atoms with van der Waals surface area (Å²) in [7, 11) is 0. The summed E-state index contributed by atoms with van der Waals surface area (Å²) in [4.78, 5) is 28.0. The molecule has 25 heavy (non-hydrogen) atoms. The number of piperazine rings is 1. The molecule has 6 nitrogen and oxygen atoms in total. The second kappa shape index (κ2) is 9.42. The van der Waals surface area contributed by atoms with Crippen molar-refractivity contribution in [1.82, 2.24) is 10.2 Å². The molecule has 0 aromatic heterocycles. The van der Waals surface area contributed by atoms with Gasteiger partial charge in [-0.3, -0.25) is 9.59 Å². The van der Waals surface area contributed by atoms with Crippen LogP contribution in [0.5, 0.6) is 0 Å². The van der Waals surface area contributed by atoms with Crippen molar-refractivity contribution in [2.45, 2.75) is 33.1 Å². The van der Waals surface area contributed by atoms with Crippen molar-refractivity contribution in [1.29, 1.82) is 0 Å². The SMILES string of the molecule is Cc1cccc(N2CCN(C(=O)CNC(=O)CCCCO)CC2)c1C. The van der Waals surface area contributed by atoms with Crippen LogP contribution in [0, 0.1) is 13.8 Å². The minimum Gasteiger partial charge on any atom is -0.396 e. The van der Waals surface area contributed by atoms with Gasteiger partial charge in [-0.2, -0.15) is 0 Å². The average molecular weight is 347 g/mol. The molecule has 6 heteroatoms. The van der Waals surface area contributed by atoms with Gasteiger partial charge in [0.1, 0.15) is 0 Å². The van der Waals surface area contributed by atoms with E-state index in [-0.39, 0.29) is 25.0 Å². The normalized spacial score (nSPS) is 14.5. The second-order valence-electron chi connectivity index (χ2n) is 6.54. The fourth-order valence-electron chi connectivity index (χ4n) is 3.05. The molecule has 0 unspecified atom stereocenters. The molecule has 1 aliphatic heterocycles. The minimum atomic E-state index is -0.129. The summed E-state index contributed by atoms with van der Waals surface area (Å²) >= 11 is 0. The lowest BCUT2D eigenvalue weighted by Crippen LogP contribution is -2.51. The largest absolute Gasteiger partial charge is 0.396 e. The van der Waals surface area contributed by atoms with E-state index in [1.54, 1.807) is 0 Å². The van der Waals surface area contributed by atoms with Crippen LogP contribution in [0.3, 0.4) is 0 Å². The van der Waals surface area contributed by atoms with Gasteiger partial charge in [-0.05, 0) is 43.9 Å². The number of aliphatic hydroxyl groups is 1. The molecule has 0 aliphatic carbocycles. The Hall–Kier alpha value is -2.08. The van der Waals surface area contributed by atoms with E-state index >= 15 is 0 Å². The van der Waals surface area contributed by atoms with E-state index in [1.807, 2.05) is 4.90 Å². The molecular formula is C19H29N3O3. The molecule has 0 atom stereocenters. The molecule has 1 aromatic rings. The number of carbonyl (C=O) groups is 2. The number of hydrogen-bond donors (Lipinski definition) is 2. The van der Waals surface area contributed by atoms with Crippen molar-refractivity contribution in [3.05, 3.63) is 29.3 Å². The van der Waals surface area contributed by atoms with Crippen molar-refractivity contribution in [3.8, 4) is 0 Å². The number of carbonyl (C=O) groups excluding carboxylic acids is 2. The second-order valence-corrected chi connectivity index (χ2v) is 6.54. The van der Waals surface area contributed by atoms with Gasteiger partial charge < -0.3 is 20.2 Å². The van der Waals surface area contributed by atoms with Gasteiger partial charge in [0.2, 0.25) is 11.8 Å². The minimum absolute atomic E-state index is 0.0314. The lowest BCUT2D eigenvalue weighted by molar-refractivity contribution is -0.133. The van der Waals surface area contributed by atoms with Crippen LogP contribution in [-0.4, -0.2) is 61.2 Å². The molecular weight excluding hydrogens is 318 g/mol. The number of nitrogens with one attached hydrogen (secondary N) is 1. The van der Waals surface area contributed by atoms with Crippen LogP contribution in [-0.2, 0) is 9.59 Å². The van der Waals surface area contributed by atoms with Crippen LogP contribution in [0.15, 0.2) is 18.2 Å². The van der Waals surface area contributed by atoms with E-state index in [4.69, 9.17) is 5.11 Å². The standard InChI is InChI=1S/C19H29N3O3/c1-15-6-5-7-17(16(15)2)21-9-11-22(12-10-21)19(25)14-20-18(24)8-3-4-13-23/h5-7,23H,3-4,8-14H2,1-2H3,(H,20,24). The quantitative estimate of drug-likeness (QED) is 0.728. The molecule has 1 fully saturated rings. The number of benzene rings is 1. The van der Waals surface area contributed by atoms with Gasteiger partial charge in [0.05, 0.1) is 6.54 Å². The van der Waals surface area contributed by atoms with Gasteiger partial charge in [-0.1, -0.05) is 12.1 Å². The van der Waals surface area contributed by atoms with Crippen molar-refractivity contribution in [3.63, 3.8) is 0 Å². The van der Waals surface area contributed by atoms with E-state index in [2.05, 4.69) is 42.3 Å². The van der Waals surface area contributed by atoms with E-state index < -0.39 is 0 Å². The molecule has 0 saturated carbocycles.